The van der Waals surface area contributed by atoms with Gasteiger partial charge in [0, 0.05) is 23.6 Å². The highest BCUT2D eigenvalue weighted by atomic mass is 79.9. The van der Waals surface area contributed by atoms with Gasteiger partial charge in [-0.3, -0.25) is 9.59 Å². The van der Waals surface area contributed by atoms with Gasteiger partial charge in [0.25, 0.3) is 11.5 Å². The molecule has 6 nitrogen and oxygen atoms in total. The minimum atomic E-state index is -0.176. The summed E-state index contributed by atoms with van der Waals surface area (Å²) in [6.07, 6.45) is 1.66. The summed E-state index contributed by atoms with van der Waals surface area (Å²) in [4.78, 5) is 26.5. The van der Waals surface area contributed by atoms with Crippen molar-refractivity contribution in [3.63, 3.8) is 0 Å². The number of aryl methyl sites for hydroxylation is 1. The highest BCUT2D eigenvalue weighted by Gasteiger charge is 2.27. The van der Waals surface area contributed by atoms with Crippen LogP contribution in [-0.2, 0) is 11.3 Å². The lowest BCUT2D eigenvalue weighted by atomic mass is 10.1. The molecule has 1 saturated heterocycles. The van der Waals surface area contributed by atoms with E-state index in [4.69, 9.17) is 4.74 Å². The molecule has 1 atom stereocenters. The van der Waals surface area contributed by atoms with E-state index in [2.05, 4.69) is 28.0 Å². The Balaban J connectivity index is 1.74. The molecule has 1 aromatic heterocycles. The van der Waals surface area contributed by atoms with Crippen molar-refractivity contribution < 1.29 is 9.53 Å². The van der Waals surface area contributed by atoms with Crippen LogP contribution in [-0.4, -0.2) is 40.3 Å². The molecule has 138 valence electrons. The number of halogens is 1. The number of carbonyl (C=O) groups is 1. The summed E-state index contributed by atoms with van der Waals surface area (Å²) in [6, 6.07) is 10.8. The lowest BCUT2D eigenvalue weighted by Crippen LogP contribution is -2.43. The fourth-order valence-corrected chi connectivity index (χ4v) is 3.17. The normalized spacial score (nSPS) is 17.3. The van der Waals surface area contributed by atoms with Crippen LogP contribution in [0, 0.1) is 0 Å². The van der Waals surface area contributed by atoms with E-state index in [1.807, 2.05) is 24.3 Å². The van der Waals surface area contributed by atoms with Gasteiger partial charge in [-0.05, 0) is 30.2 Å². The van der Waals surface area contributed by atoms with Gasteiger partial charge in [-0.2, -0.15) is 5.10 Å². The summed E-state index contributed by atoms with van der Waals surface area (Å²) in [5.74, 6) is -0.166. The molecule has 0 N–H and O–H groups in total. The second-order valence-electron chi connectivity index (χ2n) is 6.30. The molecule has 2 aromatic rings. The van der Waals surface area contributed by atoms with Crippen LogP contribution in [0.25, 0.3) is 0 Å². The molecule has 1 aromatic carbocycles. The van der Waals surface area contributed by atoms with Crippen molar-refractivity contribution in [3.8, 4) is 0 Å². The number of hydrogen-bond donors (Lipinski definition) is 0. The zero-order chi connectivity index (χ0) is 18.5. The molecule has 1 unspecified atom stereocenters. The Bertz CT molecular complexity index is 820. The first-order chi connectivity index (χ1) is 12.6. The van der Waals surface area contributed by atoms with Crippen LogP contribution < -0.4 is 5.56 Å². The average Bonchev–Trinajstić information content (AvgIpc) is 2.67. The van der Waals surface area contributed by atoms with Crippen molar-refractivity contribution in [1.29, 1.82) is 0 Å². The van der Waals surface area contributed by atoms with E-state index in [9.17, 15) is 9.59 Å². The van der Waals surface area contributed by atoms with Gasteiger partial charge in [0.05, 0.1) is 13.2 Å². The van der Waals surface area contributed by atoms with Crippen molar-refractivity contribution in [1.82, 2.24) is 14.7 Å². The lowest BCUT2D eigenvalue weighted by Gasteiger charge is -2.33. The number of ether oxygens (including phenoxy) is 1. The standard InChI is InChI=1S/C19H22BrN3O3/c1-2-3-10-23-18(24)9-8-16(21-23)19(25)22-11-12-26-17(13-22)14-4-6-15(20)7-5-14/h4-9,17H,2-3,10-13H2,1H3. The van der Waals surface area contributed by atoms with Crippen LogP contribution in [0.5, 0.6) is 0 Å². The quantitative estimate of drug-likeness (QED) is 0.746. The van der Waals surface area contributed by atoms with Gasteiger partial charge in [-0.15, -0.1) is 0 Å². The van der Waals surface area contributed by atoms with E-state index in [0.29, 0.717) is 31.9 Å². The highest BCUT2D eigenvalue weighted by Crippen LogP contribution is 2.24. The molecule has 0 saturated carbocycles. The first kappa shape index (κ1) is 18.8. The van der Waals surface area contributed by atoms with Gasteiger partial charge in [0.15, 0.2) is 0 Å². The second kappa shape index (κ2) is 8.60. The van der Waals surface area contributed by atoms with Crippen molar-refractivity contribution >= 4 is 21.8 Å². The van der Waals surface area contributed by atoms with Gasteiger partial charge < -0.3 is 9.64 Å². The minimum absolute atomic E-state index is 0.160. The van der Waals surface area contributed by atoms with Crippen molar-refractivity contribution in [2.75, 3.05) is 19.7 Å². The highest BCUT2D eigenvalue weighted by molar-refractivity contribution is 9.10. The van der Waals surface area contributed by atoms with E-state index >= 15 is 0 Å². The lowest BCUT2D eigenvalue weighted by molar-refractivity contribution is -0.0231. The second-order valence-corrected chi connectivity index (χ2v) is 7.21. The molecule has 0 spiro atoms. The fraction of sp³-hybridized carbons (Fsp3) is 0.421. The predicted molar refractivity (Wildman–Crippen MR) is 102 cm³/mol. The minimum Gasteiger partial charge on any atom is -0.370 e. The van der Waals surface area contributed by atoms with Crippen LogP contribution in [0.4, 0.5) is 0 Å². The van der Waals surface area contributed by atoms with E-state index < -0.39 is 0 Å². The zero-order valence-corrected chi connectivity index (χ0v) is 16.3. The molecule has 1 amide bonds. The molecular formula is C19H22BrN3O3. The molecule has 1 aliphatic rings. The number of rotatable bonds is 5. The average molecular weight is 420 g/mol. The summed E-state index contributed by atoms with van der Waals surface area (Å²) >= 11 is 3.42. The Kier molecular flexibility index (Phi) is 6.21. The largest absolute Gasteiger partial charge is 0.370 e. The number of amides is 1. The Labute approximate surface area is 160 Å². The van der Waals surface area contributed by atoms with Crippen molar-refractivity contribution in [2.24, 2.45) is 0 Å². The Morgan fingerprint density at radius 1 is 1.27 bits per heavy atom. The summed E-state index contributed by atoms with van der Waals surface area (Å²) in [5.41, 5.74) is 1.16. The van der Waals surface area contributed by atoms with E-state index in [1.165, 1.54) is 16.8 Å². The van der Waals surface area contributed by atoms with Crippen LogP contribution >= 0.6 is 15.9 Å². The number of aromatic nitrogens is 2. The summed E-state index contributed by atoms with van der Waals surface area (Å²) in [5, 5.41) is 4.26. The van der Waals surface area contributed by atoms with Crippen LogP contribution in [0.15, 0.2) is 45.7 Å². The third kappa shape index (κ3) is 4.40. The van der Waals surface area contributed by atoms with Crippen molar-refractivity contribution in [3.05, 3.63) is 62.5 Å². The Morgan fingerprint density at radius 2 is 2.04 bits per heavy atom. The predicted octanol–water partition coefficient (Wildman–Crippen LogP) is 3.02. The monoisotopic (exact) mass is 419 g/mol. The zero-order valence-electron chi connectivity index (χ0n) is 14.7. The maximum atomic E-state index is 12.9. The molecule has 1 aliphatic heterocycles. The van der Waals surface area contributed by atoms with Crippen LogP contribution in [0.3, 0.4) is 0 Å². The van der Waals surface area contributed by atoms with Gasteiger partial charge in [0.1, 0.15) is 11.8 Å². The molecule has 0 bridgehead atoms. The van der Waals surface area contributed by atoms with E-state index in [1.54, 1.807) is 4.90 Å². The van der Waals surface area contributed by atoms with Gasteiger partial charge >= 0.3 is 0 Å². The number of unbranched alkanes of at least 4 members (excludes halogenated alkanes) is 1. The van der Waals surface area contributed by atoms with E-state index in [-0.39, 0.29) is 17.6 Å². The molecular weight excluding hydrogens is 398 g/mol. The Morgan fingerprint density at radius 3 is 2.77 bits per heavy atom. The summed E-state index contributed by atoms with van der Waals surface area (Å²) in [6.45, 7) is 4.04. The maximum Gasteiger partial charge on any atom is 0.274 e. The topological polar surface area (TPSA) is 64.4 Å². The molecule has 7 heteroatoms. The number of hydrogen-bond acceptors (Lipinski definition) is 4. The maximum absolute atomic E-state index is 12.9. The van der Waals surface area contributed by atoms with Crippen LogP contribution in [0.1, 0.15) is 41.9 Å². The first-order valence-corrected chi connectivity index (χ1v) is 9.62. The SMILES string of the molecule is CCCCn1nc(C(=O)N2CCOC(c3ccc(Br)cc3)C2)ccc1=O. The molecule has 0 aliphatic carbocycles. The first-order valence-electron chi connectivity index (χ1n) is 8.83. The fourth-order valence-electron chi connectivity index (χ4n) is 2.91. The number of morpholine rings is 1. The Hall–Kier alpha value is -1.99. The number of nitrogens with zero attached hydrogens (tertiary/aromatic N) is 3. The summed E-state index contributed by atoms with van der Waals surface area (Å²) in [7, 11) is 0. The molecule has 1 fully saturated rings. The number of benzene rings is 1. The molecule has 3 rings (SSSR count). The van der Waals surface area contributed by atoms with Crippen LogP contribution in [0.2, 0.25) is 0 Å². The molecule has 26 heavy (non-hydrogen) atoms. The smallest absolute Gasteiger partial charge is 0.274 e. The summed E-state index contributed by atoms with van der Waals surface area (Å²) < 4.78 is 8.21. The van der Waals surface area contributed by atoms with Gasteiger partial charge in [-0.1, -0.05) is 41.4 Å². The number of carbonyl (C=O) groups excluding carboxylic acids is 1. The van der Waals surface area contributed by atoms with E-state index in [0.717, 1.165) is 22.9 Å². The third-order valence-corrected chi connectivity index (χ3v) is 4.93. The molecule has 2 heterocycles. The third-order valence-electron chi connectivity index (χ3n) is 4.40. The van der Waals surface area contributed by atoms with Gasteiger partial charge in [-0.25, -0.2) is 4.68 Å². The molecule has 0 radical (unpaired) electrons. The van der Waals surface area contributed by atoms with Crippen molar-refractivity contribution in [2.45, 2.75) is 32.4 Å². The van der Waals surface area contributed by atoms with Gasteiger partial charge in [0.2, 0.25) is 0 Å².